The van der Waals surface area contributed by atoms with Gasteiger partial charge in [-0.05, 0) is 48.0 Å². The van der Waals surface area contributed by atoms with Crippen LogP contribution in [0.15, 0.2) is 71.5 Å². The SMILES string of the molecule is O=c1c2[nH]c(cc2O)cc2ccc(cc3nc(cc4c(-c5ccccc5)c(O)c1n4O)C=C3)[nH]2.[Fe]. The van der Waals surface area contributed by atoms with Crippen LogP contribution in [0.2, 0.25) is 0 Å². The van der Waals surface area contributed by atoms with Crippen molar-refractivity contribution < 1.29 is 32.5 Å². The number of benzene rings is 1. The molecule has 1 aliphatic rings. The normalized spacial score (nSPS) is 11.5. The molecule has 6 rings (SSSR count). The van der Waals surface area contributed by atoms with E-state index in [2.05, 4.69) is 15.0 Å². The van der Waals surface area contributed by atoms with Crippen LogP contribution in [0.1, 0.15) is 11.4 Å². The Balaban J connectivity index is 0.00000253. The number of hydrogen-bond donors (Lipinski definition) is 5. The molecule has 0 amide bonds. The summed E-state index contributed by atoms with van der Waals surface area (Å²) in [6.07, 6.45) is 3.62. The molecule has 4 aromatic heterocycles. The van der Waals surface area contributed by atoms with Gasteiger partial charge in [-0.15, -0.1) is 0 Å². The van der Waals surface area contributed by atoms with Gasteiger partial charge in [-0.25, -0.2) is 4.98 Å². The van der Waals surface area contributed by atoms with E-state index in [1.54, 1.807) is 42.5 Å². The predicted octanol–water partition coefficient (Wildman–Crippen LogP) is 4.84. The van der Waals surface area contributed by atoms with Crippen molar-refractivity contribution in [2.45, 2.75) is 0 Å². The zero-order chi connectivity index (χ0) is 23.4. The molecule has 5 N–H and O–H groups in total. The fourth-order valence-corrected chi connectivity index (χ4v) is 4.25. The molecular weight excluding hydrogens is 488 g/mol. The molecule has 5 heterocycles. The van der Waals surface area contributed by atoms with Gasteiger partial charge in [0.2, 0.25) is 5.43 Å². The van der Waals surface area contributed by atoms with Crippen LogP contribution in [-0.4, -0.2) is 35.1 Å². The summed E-state index contributed by atoms with van der Waals surface area (Å²) in [6, 6.07) is 19.3. The molecule has 9 heteroatoms. The molecule has 1 aliphatic heterocycles. The van der Waals surface area contributed by atoms with Gasteiger partial charge in [-0.3, -0.25) is 4.79 Å². The second-order valence-corrected chi connectivity index (χ2v) is 8.05. The molecule has 0 unspecified atom stereocenters. The monoisotopic (exact) mass is 506 g/mol. The Kier molecular flexibility index (Phi) is 5.36. The van der Waals surface area contributed by atoms with Crippen molar-refractivity contribution in [3.8, 4) is 22.6 Å². The summed E-state index contributed by atoms with van der Waals surface area (Å²) in [5, 5.41) is 32.6. The van der Waals surface area contributed by atoms with Gasteiger partial charge in [0.15, 0.2) is 11.3 Å². The van der Waals surface area contributed by atoms with Crippen LogP contribution in [0.4, 0.5) is 0 Å². The largest absolute Gasteiger partial charge is 0.506 e. The first-order valence-corrected chi connectivity index (χ1v) is 10.5. The van der Waals surface area contributed by atoms with Crippen LogP contribution in [0, 0.1) is 0 Å². The number of aromatic nitrogens is 4. The first-order valence-electron chi connectivity index (χ1n) is 10.5. The van der Waals surface area contributed by atoms with Gasteiger partial charge in [-0.1, -0.05) is 30.3 Å². The van der Waals surface area contributed by atoms with Crippen LogP contribution < -0.4 is 5.43 Å². The molecule has 8 nitrogen and oxygen atoms in total. The number of aromatic hydroxyl groups is 2. The molecular formula is C26H18FeN4O4. The second-order valence-electron chi connectivity index (χ2n) is 8.05. The Bertz CT molecular complexity index is 1820. The number of H-pyrrole nitrogens is 2. The summed E-state index contributed by atoms with van der Waals surface area (Å²) >= 11 is 0. The molecule has 0 saturated carbocycles. The average Bonchev–Trinajstić information content (AvgIpc) is 3.58. The summed E-state index contributed by atoms with van der Waals surface area (Å²) in [7, 11) is 0. The third-order valence-corrected chi connectivity index (χ3v) is 5.79. The van der Waals surface area contributed by atoms with E-state index in [0.717, 1.165) is 11.0 Å². The van der Waals surface area contributed by atoms with E-state index in [1.807, 2.05) is 30.3 Å². The number of fused-ring (bicyclic) bond motifs is 8. The Morgan fingerprint density at radius 3 is 2.23 bits per heavy atom. The molecule has 5 aromatic rings. The van der Waals surface area contributed by atoms with Crippen molar-refractivity contribution in [2.24, 2.45) is 0 Å². The molecule has 174 valence electrons. The third-order valence-electron chi connectivity index (χ3n) is 5.79. The number of aromatic amines is 2. The van der Waals surface area contributed by atoms with Gasteiger partial charge in [0, 0.05) is 39.7 Å². The Hall–Kier alpha value is -4.46. The smallest absolute Gasteiger partial charge is 0.236 e. The first kappa shape index (κ1) is 22.3. The number of rotatable bonds is 1. The molecule has 1 aromatic carbocycles. The molecule has 35 heavy (non-hydrogen) atoms. The van der Waals surface area contributed by atoms with Gasteiger partial charge in [0.05, 0.1) is 22.5 Å². The fourth-order valence-electron chi connectivity index (χ4n) is 4.25. The molecule has 0 atom stereocenters. The summed E-state index contributed by atoms with van der Waals surface area (Å²) in [5.74, 6) is -0.700. The van der Waals surface area contributed by atoms with E-state index >= 15 is 0 Å². The van der Waals surface area contributed by atoms with Crippen LogP contribution in [0.5, 0.6) is 11.5 Å². The summed E-state index contributed by atoms with van der Waals surface area (Å²) in [5.41, 5.74) is 3.05. The molecule has 0 aliphatic carbocycles. The van der Waals surface area contributed by atoms with Gasteiger partial charge in [0.1, 0.15) is 11.3 Å². The number of nitrogens with one attached hydrogen (secondary N) is 2. The zero-order valence-electron chi connectivity index (χ0n) is 18.0. The first-order chi connectivity index (χ1) is 16.5. The Morgan fingerprint density at radius 1 is 0.800 bits per heavy atom. The summed E-state index contributed by atoms with van der Waals surface area (Å²) in [4.78, 5) is 24.1. The Labute approximate surface area is 208 Å². The molecule has 0 saturated heterocycles. The van der Waals surface area contributed by atoms with Crippen molar-refractivity contribution in [3.63, 3.8) is 0 Å². The average molecular weight is 506 g/mol. The topological polar surface area (TPSA) is 127 Å². The van der Waals surface area contributed by atoms with E-state index in [4.69, 9.17) is 0 Å². The van der Waals surface area contributed by atoms with Crippen LogP contribution >= 0.6 is 0 Å². The van der Waals surface area contributed by atoms with Gasteiger partial charge in [0.25, 0.3) is 0 Å². The zero-order valence-corrected chi connectivity index (χ0v) is 19.1. The molecule has 0 fully saturated rings. The van der Waals surface area contributed by atoms with E-state index in [1.165, 1.54) is 6.07 Å². The minimum atomic E-state index is -0.766. The van der Waals surface area contributed by atoms with Crippen molar-refractivity contribution >= 4 is 45.3 Å². The maximum absolute atomic E-state index is 13.4. The standard InChI is InChI=1S/C26H18N4O4.Fe/c31-21-13-19-11-17-7-6-15(27-17)10-16-8-9-18(28-16)12-20-22(14-4-2-1-3-5-14)25(32)24(30(20)34)26(33)23(21)29-19;/h1-13,27,29,31-32,34H;. The van der Waals surface area contributed by atoms with E-state index in [0.29, 0.717) is 27.2 Å². The van der Waals surface area contributed by atoms with Gasteiger partial charge in [-0.2, -0.15) is 4.73 Å². The number of nitrogens with zero attached hydrogens (tertiary/aromatic N) is 2. The molecule has 8 bridgehead atoms. The summed E-state index contributed by atoms with van der Waals surface area (Å²) in [6.45, 7) is 0. The second kappa shape index (κ2) is 8.39. The van der Waals surface area contributed by atoms with Crippen LogP contribution in [-0.2, 0) is 17.1 Å². The number of hydrogen-bond acceptors (Lipinski definition) is 5. The third kappa shape index (κ3) is 3.73. The summed E-state index contributed by atoms with van der Waals surface area (Å²) < 4.78 is 0.643. The van der Waals surface area contributed by atoms with Crippen molar-refractivity contribution in [3.05, 3.63) is 88.3 Å². The minimum absolute atomic E-state index is 0. The predicted molar refractivity (Wildman–Crippen MR) is 131 cm³/mol. The van der Waals surface area contributed by atoms with Crippen molar-refractivity contribution in [1.29, 1.82) is 0 Å². The van der Waals surface area contributed by atoms with E-state index in [9.17, 15) is 20.2 Å². The van der Waals surface area contributed by atoms with Crippen molar-refractivity contribution in [1.82, 2.24) is 19.7 Å². The van der Waals surface area contributed by atoms with E-state index in [-0.39, 0.29) is 44.9 Å². The van der Waals surface area contributed by atoms with Crippen LogP contribution in [0.3, 0.4) is 0 Å². The molecule has 0 radical (unpaired) electrons. The maximum Gasteiger partial charge on any atom is 0.236 e. The quantitative estimate of drug-likeness (QED) is 0.161. The van der Waals surface area contributed by atoms with E-state index < -0.39 is 11.2 Å². The van der Waals surface area contributed by atoms with Gasteiger partial charge >= 0.3 is 0 Å². The van der Waals surface area contributed by atoms with Crippen molar-refractivity contribution in [2.75, 3.05) is 0 Å². The minimum Gasteiger partial charge on any atom is -0.506 e. The Morgan fingerprint density at radius 2 is 1.49 bits per heavy atom. The molecule has 0 spiro atoms. The maximum atomic E-state index is 13.4. The fraction of sp³-hybridized carbons (Fsp3) is 0. The van der Waals surface area contributed by atoms with Gasteiger partial charge < -0.3 is 25.4 Å². The van der Waals surface area contributed by atoms with Crippen LogP contribution in [0.25, 0.3) is 56.4 Å².